The lowest BCUT2D eigenvalue weighted by Crippen LogP contribution is -2.41. The fraction of sp³-hybridized carbons (Fsp3) is 0.200. The highest BCUT2D eigenvalue weighted by Crippen LogP contribution is 2.57. The van der Waals surface area contributed by atoms with E-state index in [4.69, 9.17) is 0 Å². The molecule has 0 aliphatic heterocycles. The van der Waals surface area contributed by atoms with Crippen molar-refractivity contribution in [3.05, 3.63) is 103 Å². The van der Waals surface area contributed by atoms with Gasteiger partial charge >= 0.3 is 0 Å². The van der Waals surface area contributed by atoms with Gasteiger partial charge in [-0.3, -0.25) is 0 Å². The van der Waals surface area contributed by atoms with Crippen LogP contribution >= 0.6 is 22.7 Å². The van der Waals surface area contributed by atoms with E-state index >= 15 is 0 Å². The normalized spacial score (nSPS) is 19.3. The fourth-order valence-corrected chi connectivity index (χ4v) is 15.2. The molecule has 2 heterocycles. The van der Waals surface area contributed by atoms with Gasteiger partial charge in [0.15, 0.2) is 0 Å². The second-order valence-corrected chi connectivity index (χ2v) is 16.7. The van der Waals surface area contributed by atoms with Crippen molar-refractivity contribution in [2.24, 2.45) is 0 Å². The van der Waals surface area contributed by atoms with E-state index in [0.29, 0.717) is 11.1 Å². The minimum atomic E-state index is -1.76. The van der Waals surface area contributed by atoms with Crippen LogP contribution < -0.4 is 0 Å². The van der Waals surface area contributed by atoms with Crippen molar-refractivity contribution in [1.29, 1.82) is 0 Å². The molecule has 0 N–H and O–H groups in total. The number of rotatable bonds is 4. The van der Waals surface area contributed by atoms with Crippen LogP contribution in [0.25, 0.3) is 34.4 Å². The van der Waals surface area contributed by atoms with E-state index < -0.39 is 8.07 Å². The molecule has 0 saturated carbocycles. The molecule has 0 nitrogen and oxygen atoms in total. The van der Waals surface area contributed by atoms with Gasteiger partial charge in [0.1, 0.15) is 0 Å². The topological polar surface area (TPSA) is 0 Å². The zero-order chi connectivity index (χ0) is 22.7. The van der Waals surface area contributed by atoms with Gasteiger partial charge in [0.05, 0.1) is 8.07 Å². The molecule has 0 bridgehead atoms. The summed E-state index contributed by atoms with van der Waals surface area (Å²) in [6.45, 7) is 10.0. The fourth-order valence-electron chi connectivity index (χ4n) is 6.24. The van der Waals surface area contributed by atoms with Crippen LogP contribution in [0.4, 0.5) is 0 Å². The van der Waals surface area contributed by atoms with Crippen LogP contribution in [0.1, 0.15) is 45.8 Å². The highest BCUT2D eigenvalue weighted by molar-refractivity contribution is 7.13. The third-order valence-corrected chi connectivity index (χ3v) is 14.6. The largest absolute Gasteiger partial charge is 0.147 e. The molecular formula is C30H28S2Si. The monoisotopic (exact) mass is 480 g/mol. The molecule has 0 saturated heterocycles. The van der Waals surface area contributed by atoms with Gasteiger partial charge in [-0.2, -0.15) is 0 Å². The Bertz CT molecular complexity index is 1290. The molecule has 164 valence electrons. The molecular weight excluding hydrogens is 453 g/mol. The number of hydrogen-bond acceptors (Lipinski definition) is 2. The quantitative estimate of drug-likeness (QED) is 0.255. The number of benzene rings is 2. The Morgan fingerprint density at radius 2 is 1.00 bits per heavy atom. The Morgan fingerprint density at radius 3 is 1.39 bits per heavy atom. The summed E-state index contributed by atoms with van der Waals surface area (Å²) in [6, 6.07) is 21.8. The first-order valence-corrected chi connectivity index (χ1v) is 16.6. The van der Waals surface area contributed by atoms with Crippen molar-refractivity contribution in [3.8, 4) is 22.3 Å². The highest BCUT2D eigenvalue weighted by Gasteiger charge is 2.48. The first-order valence-electron chi connectivity index (χ1n) is 11.7. The first kappa shape index (κ1) is 21.1. The molecule has 0 amide bonds. The molecule has 2 unspecified atom stereocenters. The van der Waals surface area contributed by atoms with Crippen molar-refractivity contribution >= 4 is 42.9 Å². The van der Waals surface area contributed by atoms with Gasteiger partial charge in [-0.1, -0.05) is 97.1 Å². The van der Waals surface area contributed by atoms with Crippen LogP contribution in [0.15, 0.2) is 82.6 Å². The molecule has 2 aliphatic carbocycles. The average molecular weight is 481 g/mol. The standard InChI is InChI=1S/C30H28S2Si/c1-19-15-23-25(21-11-7-5-8-12-21)17-31-27(23)29(19)33(3,4)30-20(2)16-24-26(18-32-28(24)30)22-13-9-6-10-14-22/h5-18,29-30H,1-4H3. The van der Waals surface area contributed by atoms with Gasteiger partial charge in [-0.25, -0.2) is 0 Å². The van der Waals surface area contributed by atoms with E-state index in [1.807, 2.05) is 22.7 Å². The summed E-state index contributed by atoms with van der Waals surface area (Å²) < 4.78 is 0. The van der Waals surface area contributed by atoms with E-state index in [1.165, 1.54) is 33.4 Å². The molecule has 2 aromatic heterocycles. The van der Waals surface area contributed by atoms with E-state index in [0.717, 1.165) is 0 Å². The zero-order valence-corrected chi connectivity index (χ0v) is 22.2. The minimum Gasteiger partial charge on any atom is -0.147 e. The SMILES string of the molecule is CC1=Cc2c(-c3ccccc3)csc2C1[Si](C)(C)C1C(C)=Cc2c(-c3ccccc3)csc21. The number of allylic oxidation sites excluding steroid dienone is 2. The lowest BCUT2D eigenvalue weighted by Gasteiger charge is -2.37. The van der Waals surface area contributed by atoms with Crippen LogP contribution in [0.5, 0.6) is 0 Å². The minimum absolute atomic E-state index is 0.580. The summed E-state index contributed by atoms with van der Waals surface area (Å²) in [4.78, 5) is 3.20. The summed E-state index contributed by atoms with van der Waals surface area (Å²) in [7, 11) is -1.76. The van der Waals surface area contributed by atoms with E-state index in [1.54, 1.807) is 20.9 Å². The Morgan fingerprint density at radius 1 is 0.606 bits per heavy atom. The van der Waals surface area contributed by atoms with Crippen molar-refractivity contribution in [1.82, 2.24) is 0 Å². The van der Waals surface area contributed by atoms with Gasteiger partial charge in [0.2, 0.25) is 0 Å². The molecule has 4 aromatic rings. The predicted octanol–water partition coefficient (Wildman–Crippen LogP) is 9.63. The number of thiophene rings is 2. The van der Waals surface area contributed by atoms with Crippen molar-refractivity contribution < 1.29 is 0 Å². The molecule has 2 aromatic carbocycles. The molecule has 6 rings (SSSR count). The maximum Gasteiger partial charge on any atom is 0.0743 e. The van der Waals surface area contributed by atoms with Gasteiger partial charge in [0.25, 0.3) is 0 Å². The Kier molecular flexibility index (Phi) is 4.99. The Labute approximate surface area is 206 Å². The van der Waals surface area contributed by atoms with Crippen LogP contribution in [0.3, 0.4) is 0 Å². The molecule has 33 heavy (non-hydrogen) atoms. The van der Waals surface area contributed by atoms with Crippen LogP contribution in [0.2, 0.25) is 13.1 Å². The Hall–Kier alpha value is -2.46. The van der Waals surface area contributed by atoms with Crippen LogP contribution in [0, 0.1) is 0 Å². The van der Waals surface area contributed by atoms with E-state index in [9.17, 15) is 0 Å². The third-order valence-electron chi connectivity index (χ3n) is 7.56. The predicted molar refractivity (Wildman–Crippen MR) is 150 cm³/mol. The zero-order valence-electron chi connectivity index (χ0n) is 19.6. The maximum atomic E-state index is 2.63. The van der Waals surface area contributed by atoms with E-state index in [-0.39, 0.29) is 0 Å². The highest BCUT2D eigenvalue weighted by atomic mass is 32.1. The summed E-state index contributed by atoms with van der Waals surface area (Å²) >= 11 is 3.96. The van der Waals surface area contributed by atoms with Gasteiger partial charge in [-0.15, -0.1) is 22.7 Å². The second-order valence-electron chi connectivity index (χ2n) is 10.1. The first-order chi connectivity index (χ1) is 16.0. The molecule has 2 atom stereocenters. The maximum absolute atomic E-state index is 2.63. The lowest BCUT2D eigenvalue weighted by molar-refractivity contribution is 0.994. The van der Waals surface area contributed by atoms with Gasteiger partial charge in [-0.05, 0) is 58.0 Å². The summed E-state index contributed by atoms with van der Waals surface area (Å²) in [5, 5.41) is 4.78. The van der Waals surface area contributed by atoms with Gasteiger partial charge < -0.3 is 0 Å². The third kappa shape index (κ3) is 3.21. The molecule has 0 fully saturated rings. The van der Waals surface area contributed by atoms with E-state index in [2.05, 4.69) is 111 Å². The molecule has 0 spiro atoms. The van der Waals surface area contributed by atoms with Crippen LogP contribution in [-0.2, 0) is 0 Å². The summed E-state index contributed by atoms with van der Waals surface area (Å²) in [5.41, 5.74) is 12.7. The Balaban J connectivity index is 1.42. The van der Waals surface area contributed by atoms with Crippen molar-refractivity contribution in [2.75, 3.05) is 0 Å². The lowest BCUT2D eigenvalue weighted by atomic mass is 10.0. The number of fused-ring (bicyclic) bond motifs is 2. The van der Waals surface area contributed by atoms with Crippen molar-refractivity contribution in [2.45, 2.75) is 38.0 Å². The molecule has 2 aliphatic rings. The molecule has 0 radical (unpaired) electrons. The number of hydrogen-bond donors (Lipinski definition) is 0. The smallest absolute Gasteiger partial charge is 0.0743 e. The van der Waals surface area contributed by atoms with Crippen LogP contribution in [-0.4, -0.2) is 8.07 Å². The average Bonchev–Trinajstić information content (AvgIpc) is 3.54. The van der Waals surface area contributed by atoms with Crippen molar-refractivity contribution in [3.63, 3.8) is 0 Å². The summed E-state index contributed by atoms with van der Waals surface area (Å²) in [5.74, 6) is 0. The van der Waals surface area contributed by atoms with Gasteiger partial charge in [0, 0.05) is 20.8 Å². The molecule has 3 heteroatoms. The summed E-state index contributed by atoms with van der Waals surface area (Å²) in [6.07, 6.45) is 4.98. The second kappa shape index (κ2) is 7.80.